The van der Waals surface area contributed by atoms with Gasteiger partial charge < -0.3 is 11.1 Å². The number of carbonyl (C=O) groups is 1. The minimum Gasteiger partial charge on any atom is -0.351 e. The Morgan fingerprint density at radius 3 is 2.43 bits per heavy atom. The van der Waals surface area contributed by atoms with Gasteiger partial charge in [-0.15, -0.1) is 12.3 Å². The Morgan fingerprint density at radius 1 is 1.57 bits per heavy atom. The van der Waals surface area contributed by atoms with E-state index in [1.807, 2.05) is 27.7 Å². The van der Waals surface area contributed by atoms with E-state index in [0.717, 1.165) is 0 Å². The van der Waals surface area contributed by atoms with Crippen molar-refractivity contribution in [2.75, 3.05) is 0 Å². The van der Waals surface area contributed by atoms with Crippen LogP contribution < -0.4 is 11.1 Å². The van der Waals surface area contributed by atoms with E-state index in [9.17, 15) is 4.79 Å². The van der Waals surface area contributed by atoms with Crippen molar-refractivity contribution in [1.82, 2.24) is 5.32 Å². The summed E-state index contributed by atoms with van der Waals surface area (Å²) in [4.78, 5) is 11.6. The van der Waals surface area contributed by atoms with Crippen LogP contribution in [-0.2, 0) is 4.79 Å². The van der Waals surface area contributed by atoms with Crippen molar-refractivity contribution in [3.63, 3.8) is 0 Å². The predicted octanol–water partition coefficient (Wildman–Crippen LogP) is 0.888. The van der Waals surface area contributed by atoms with Crippen molar-refractivity contribution >= 4 is 5.91 Å². The van der Waals surface area contributed by atoms with E-state index in [2.05, 4.69) is 11.2 Å². The highest BCUT2D eigenvalue weighted by Crippen LogP contribution is 2.17. The van der Waals surface area contributed by atoms with Gasteiger partial charge in [-0.25, -0.2) is 0 Å². The molecule has 3 N–H and O–H groups in total. The molecule has 0 saturated carbocycles. The molecule has 0 aliphatic heterocycles. The van der Waals surface area contributed by atoms with Crippen LogP contribution in [0, 0.1) is 17.8 Å². The lowest BCUT2D eigenvalue weighted by atomic mass is 9.87. The molecule has 80 valence electrons. The zero-order chi connectivity index (χ0) is 11.4. The predicted molar refractivity (Wildman–Crippen MR) is 58.5 cm³/mol. The van der Waals surface area contributed by atoms with Crippen LogP contribution in [0.1, 0.15) is 34.1 Å². The number of terminal acetylenes is 1. The smallest absolute Gasteiger partial charge is 0.237 e. The monoisotopic (exact) mass is 196 g/mol. The molecule has 1 amide bonds. The molecular formula is C11H20N2O. The fraction of sp³-hybridized carbons (Fsp3) is 0.727. The molecule has 0 fully saturated rings. The van der Waals surface area contributed by atoms with Gasteiger partial charge in [0.1, 0.15) is 0 Å². The average molecular weight is 196 g/mol. The number of hydrogen-bond acceptors (Lipinski definition) is 2. The third-order valence-corrected chi connectivity index (χ3v) is 2.03. The fourth-order valence-electron chi connectivity index (χ4n) is 0.954. The van der Waals surface area contributed by atoms with Gasteiger partial charge in [0.2, 0.25) is 5.91 Å². The van der Waals surface area contributed by atoms with Crippen LogP contribution in [0.5, 0.6) is 0 Å². The molecule has 0 aromatic rings. The van der Waals surface area contributed by atoms with Gasteiger partial charge in [0.25, 0.3) is 0 Å². The molecule has 3 heteroatoms. The largest absolute Gasteiger partial charge is 0.351 e. The van der Waals surface area contributed by atoms with Gasteiger partial charge in [0.15, 0.2) is 0 Å². The van der Waals surface area contributed by atoms with Crippen molar-refractivity contribution in [3.05, 3.63) is 0 Å². The van der Waals surface area contributed by atoms with Crippen LogP contribution in [0.3, 0.4) is 0 Å². The minimum atomic E-state index is -0.497. The molecule has 14 heavy (non-hydrogen) atoms. The Labute approximate surface area is 86.4 Å². The quantitative estimate of drug-likeness (QED) is 0.659. The van der Waals surface area contributed by atoms with Crippen LogP contribution in [0.4, 0.5) is 0 Å². The lowest BCUT2D eigenvalue weighted by Gasteiger charge is -2.27. The normalized spacial score (nSPS) is 15.4. The van der Waals surface area contributed by atoms with Crippen LogP contribution in [0.25, 0.3) is 0 Å². The summed E-state index contributed by atoms with van der Waals surface area (Å²) in [5, 5.41) is 2.78. The molecule has 0 aliphatic carbocycles. The molecule has 0 aliphatic rings. The highest BCUT2D eigenvalue weighted by Gasteiger charge is 2.27. The summed E-state index contributed by atoms with van der Waals surface area (Å²) < 4.78 is 0. The summed E-state index contributed by atoms with van der Waals surface area (Å²) in [7, 11) is 0. The van der Waals surface area contributed by atoms with E-state index in [-0.39, 0.29) is 17.4 Å². The molecular weight excluding hydrogens is 176 g/mol. The maximum absolute atomic E-state index is 11.6. The molecule has 0 radical (unpaired) electrons. The van der Waals surface area contributed by atoms with E-state index in [0.29, 0.717) is 6.42 Å². The van der Waals surface area contributed by atoms with E-state index < -0.39 is 6.04 Å². The Balaban J connectivity index is 4.17. The first-order chi connectivity index (χ1) is 6.29. The molecule has 3 nitrogen and oxygen atoms in total. The van der Waals surface area contributed by atoms with E-state index in [4.69, 9.17) is 12.2 Å². The van der Waals surface area contributed by atoms with E-state index in [1.54, 1.807) is 0 Å². The Bertz CT molecular complexity index is 235. The molecule has 0 rings (SSSR count). The van der Waals surface area contributed by atoms with Gasteiger partial charge in [-0.05, 0) is 12.3 Å². The standard InChI is InChI=1S/C11H20N2O/c1-6-7-8(2)13-10(14)9(12)11(3,4)5/h1,8-9H,7,12H2,2-5H3,(H,13,14)/t8?,9-/m0/s1. The number of carbonyl (C=O) groups excluding carboxylic acids is 1. The van der Waals surface area contributed by atoms with Crippen LogP contribution in [0.2, 0.25) is 0 Å². The number of rotatable bonds is 3. The van der Waals surface area contributed by atoms with Gasteiger partial charge in [0, 0.05) is 12.5 Å². The van der Waals surface area contributed by atoms with Crippen molar-refractivity contribution in [3.8, 4) is 12.3 Å². The zero-order valence-corrected chi connectivity index (χ0v) is 9.42. The topological polar surface area (TPSA) is 55.1 Å². The summed E-state index contributed by atoms with van der Waals surface area (Å²) in [5.74, 6) is 2.36. The first-order valence-electron chi connectivity index (χ1n) is 4.78. The van der Waals surface area contributed by atoms with Crippen LogP contribution in [-0.4, -0.2) is 18.0 Å². The first-order valence-corrected chi connectivity index (χ1v) is 4.78. The molecule has 0 bridgehead atoms. The second-order valence-corrected chi connectivity index (χ2v) is 4.66. The lowest BCUT2D eigenvalue weighted by molar-refractivity contribution is -0.125. The van der Waals surface area contributed by atoms with Crippen LogP contribution >= 0.6 is 0 Å². The Hall–Kier alpha value is -1.01. The third kappa shape index (κ3) is 4.29. The first kappa shape index (κ1) is 13.0. The van der Waals surface area contributed by atoms with Crippen LogP contribution in [0.15, 0.2) is 0 Å². The van der Waals surface area contributed by atoms with E-state index in [1.165, 1.54) is 0 Å². The number of amides is 1. The second kappa shape index (κ2) is 5.02. The van der Waals surface area contributed by atoms with Gasteiger partial charge in [0.05, 0.1) is 6.04 Å². The Kier molecular flexibility index (Phi) is 4.65. The number of hydrogen-bond donors (Lipinski definition) is 2. The number of nitrogens with two attached hydrogens (primary N) is 1. The average Bonchev–Trinajstić information content (AvgIpc) is 2.01. The third-order valence-electron chi connectivity index (χ3n) is 2.03. The molecule has 0 saturated heterocycles. The van der Waals surface area contributed by atoms with E-state index >= 15 is 0 Å². The molecule has 0 heterocycles. The second-order valence-electron chi connectivity index (χ2n) is 4.66. The maximum atomic E-state index is 11.6. The zero-order valence-electron chi connectivity index (χ0n) is 9.42. The van der Waals surface area contributed by atoms with Crippen molar-refractivity contribution in [2.24, 2.45) is 11.1 Å². The van der Waals surface area contributed by atoms with Crippen molar-refractivity contribution in [2.45, 2.75) is 46.2 Å². The van der Waals surface area contributed by atoms with Gasteiger partial charge in [-0.2, -0.15) is 0 Å². The fourth-order valence-corrected chi connectivity index (χ4v) is 0.954. The highest BCUT2D eigenvalue weighted by atomic mass is 16.2. The lowest BCUT2D eigenvalue weighted by Crippen LogP contribution is -2.50. The van der Waals surface area contributed by atoms with Gasteiger partial charge >= 0.3 is 0 Å². The SMILES string of the molecule is C#CCC(C)NC(=O)[C@H](N)C(C)(C)C. The molecule has 1 unspecified atom stereocenters. The molecule has 0 aromatic heterocycles. The van der Waals surface area contributed by atoms with Crippen molar-refractivity contribution in [1.29, 1.82) is 0 Å². The summed E-state index contributed by atoms with van der Waals surface area (Å²) in [6.07, 6.45) is 5.66. The van der Waals surface area contributed by atoms with Crippen molar-refractivity contribution < 1.29 is 4.79 Å². The number of nitrogens with one attached hydrogen (secondary N) is 1. The van der Waals surface area contributed by atoms with Gasteiger partial charge in [-0.3, -0.25) is 4.79 Å². The summed E-state index contributed by atoms with van der Waals surface area (Å²) in [6, 6.07) is -0.511. The van der Waals surface area contributed by atoms with Gasteiger partial charge in [-0.1, -0.05) is 20.8 Å². The highest BCUT2D eigenvalue weighted by molar-refractivity contribution is 5.82. The summed E-state index contributed by atoms with van der Waals surface area (Å²) in [5.41, 5.74) is 5.55. The summed E-state index contributed by atoms with van der Waals surface area (Å²) >= 11 is 0. The molecule has 0 spiro atoms. The minimum absolute atomic E-state index is 0.0131. The molecule has 2 atom stereocenters. The molecule has 0 aromatic carbocycles. The summed E-state index contributed by atoms with van der Waals surface area (Å²) in [6.45, 7) is 7.67. The Morgan fingerprint density at radius 2 is 2.07 bits per heavy atom. The maximum Gasteiger partial charge on any atom is 0.237 e.